The molecule has 0 spiro atoms. The van der Waals surface area contributed by atoms with Crippen molar-refractivity contribution in [3.8, 4) is 0 Å². The summed E-state index contributed by atoms with van der Waals surface area (Å²) >= 11 is 0. The molecule has 1 rings (SSSR count). The average molecular weight is 307 g/mol. The Morgan fingerprint density at radius 3 is 2.14 bits per heavy atom. The Hall–Kier alpha value is -2.04. The minimum absolute atomic E-state index is 0.262. The monoisotopic (exact) mass is 307 g/mol. The van der Waals surface area contributed by atoms with E-state index in [9.17, 15) is 9.59 Å². The summed E-state index contributed by atoms with van der Waals surface area (Å²) in [4.78, 5) is 23.1. The van der Waals surface area contributed by atoms with Gasteiger partial charge in [0.1, 0.15) is 0 Å². The largest absolute Gasteiger partial charge is 0.425 e. The number of nitrogens with one attached hydrogen (secondary N) is 1. The van der Waals surface area contributed by atoms with Crippen molar-refractivity contribution in [1.82, 2.24) is 0 Å². The Kier molecular flexibility index (Phi) is 6.89. The SMILES string of the molecule is CC[C@@H](C)c1ccc(NC(=O)O[C@@H](C)OC(=O)C(C)C)cc1. The quantitative estimate of drug-likeness (QED) is 0.629. The van der Waals surface area contributed by atoms with E-state index in [0.29, 0.717) is 11.6 Å². The van der Waals surface area contributed by atoms with Gasteiger partial charge in [0.25, 0.3) is 0 Å². The van der Waals surface area contributed by atoms with E-state index in [2.05, 4.69) is 19.2 Å². The molecule has 5 nitrogen and oxygen atoms in total. The maximum atomic E-state index is 11.7. The lowest BCUT2D eigenvalue weighted by Crippen LogP contribution is -2.26. The Balaban J connectivity index is 2.49. The average Bonchev–Trinajstić information content (AvgIpc) is 2.46. The van der Waals surface area contributed by atoms with Gasteiger partial charge in [0.05, 0.1) is 5.92 Å². The van der Waals surface area contributed by atoms with Crippen molar-refractivity contribution in [3.05, 3.63) is 29.8 Å². The van der Waals surface area contributed by atoms with Crippen LogP contribution in [-0.2, 0) is 14.3 Å². The van der Waals surface area contributed by atoms with Gasteiger partial charge >= 0.3 is 12.1 Å². The summed E-state index contributed by atoms with van der Waals surface area (Å²) in [6, 6.07) is 7.61. The van der Waals surface area contributed by atoms with Gasteiger partial charge in [-0.25, -0.2) is 4.79 Å². The highest BCUT2D eigenvalue weighted by Crippen LogP contribution is 2.20. The van der Waals surface area contributed by atoms with Gasteiger partial charge in [-0.1, -0.05) is 39.8 Å². The molecule has 122 valence electrons. The third-order valence-electron chi connectivity index (χ3n) is 3.37. The van der Waals surface area contributed by atoms with Gasteiger partial charge in [-0.15, -0.1) is 0 Å². The van der Waals surface area contributed by atoms with Gasteiger partial charge in [0, 0.05) is 12.6 Å². The number of carbonyl (C=O) groups is 2. The molecule has 2 atom stereocenters. The van der Waals surface area contributed by atoms with Crippen LogP contribution in [0.4, 0.5) is 10.5 Å². The Labute approximate surface area is 132 Å². The van der Waals surface area contributed by atoms with Crippen molar-refractivity contribution in [2.24, 2.45) is 5.92 Å². The van der Waals surface area contributed by atoms with Crippen molar-refractivity contribution >= 4 is 17.7 Å². The van der Waals surface area contributed by atoms with E-state index in [1.807, 2.05) is 24.3 Å². The van der Waals surface area contributed by atoms with Crippen molar-refractivity contribution in [2.45, 2.75) is 53.2 Å². The lowest BCUT2D eigenvalue weighted by Gasteiger charge is -2.16. The predicted octanol–water partition coefficient (Wildman–Crippen LogP) is 4.29. The predicted molar refractivity (Wildman–Crippen MR) is 85.6 cm³/mol. The summed E-state index contributed by atoms with van der Waals surface area (Å²) in [6.07, 6.45) is -0.511. The number of amides is 1. The van der Waals surface area contributed by atoms with Crippen molar-refractivity contribution in [2.75, 3.05) is 5.32 Å². The summed E-state index contributed by atoms with van der Waals surface area (Å²) in [7, 11) is 0. The maximum absolute atomic E-state index is 11.7. The third-order valence-corrected chi connectivity index (χ3v) is 3.37. The molecule has 0 saturated heterocycles. The molecule has 5 heteroatoms. The molecular formula is C17H25NO4. The van der Waals surface area contributed by atoms with Crippen molar-refractivity contribution < 1.29 is 19.1 Å². The second-order valence-corrected chi connectivity index (χ2v) is 5.62. The van der Waals surface area contributed by atoms with Crippen LogP contribution >= 0.6 is 0 Å². The van der Waals surface area contributed by atoms with E-state index in [1.165, 1.54) is 12.5 Å². The Bertz CT molecular complexity index is 496. The summed E-state index contributed by atoms with van der Waals surface area (Å²) < 4.78 is 9.94. The lowest BCUT2D eigenvalue weighted by molar-refractivity contribution is -0.168. The first kappa shape index (κ1) is 18.0. The fourth-order valence-electron chi connectivity index (χ4n) is 1.75. The van der Waals surface area contributed by atoms with Crippen LogP contribution in [0.25, 0.3) is 0 Å². The number of ether oxygens (including phenoxy) is 2. The highest BCUT2D eigenvalue weighted by atomic mass is 16.7. The van der Waals surface area contributed by atoms with Gasteiger partial charge in [-0.2, -0.15) is 0 Å². The standard InChI is InChI=1S/C17H25NO4/c1-6-12(4)14-7-9-15(10-8-14)18-17(20)22-13(5)21-16(19)11(2)3/h7-13H,6H2,1-5H3,(H,18,20)/t12-,13+/m1/s1. The van der Waals surface area contributed by atoms with Crippen LogP contribution in [-0.4, -0.2) is 18.4 Å². The van der Waals surface area contributed by atoms with Crippen LogP contribution in [0.3, 0.4) is 0 Å². The number of esters is 1. The number of hydrogen-bond donors (Lipinski definition) is 1. The lowest BCUT2D eigenvalue weighted by atomic mass is 9.99. The minimum atomic E-state index is -0.922. The smallest absolute Gasteiger partial charge is 0.414 e. The van der Waals surface area contributed by atoms with Crippen LogP contribution in [0.1, 0.15) is 52.5 Å². The van der Waals surface area contributed by atoms with Gasteiger partial charge < -0.3 is 9.47 Å². The molecule has 0 saturated carbocycles. The molecule has 0 bridgehead atoms. The second-order valence-electron chi connectivity index (χ2n) is 5.62. The summed E-state index contributed by atoms with van der Waals surface area (Å²) in [5.74, 6) is -0.183. The Morgan fingerprint density at radius 1 is 1.05 bits per heavy atom. The van der Waals surface area contributed by atoms with E-state index in [-0.39, 0.29) is 5.92 Å². The highest BCUT2D eigenvalue weighted by Gasteiger charge is 2.16. The summed E-state index contributed by atoms with van der Waals surface area (Å²) in [5.41, 5.74) is 1.86. The molecule has 22 heavy (non-hydrogen) atoms. The molecule has 0 radical (unpaired) electrons. The number of carbonyl (C=O) groups excluding carboxylic acids is 2. The van der Waals surface area contributed by atoms with Crippen LogP contribution in [0.5, 0.6) is 0 Å². The Morgan fingerprint density at radius 2 is 1.64 bits per heavy atom. The maximum Gasteiger partial charge on any atom is 0.414 e. The van der Waals surface area contributed by atoms with Crippen molar-refractivity contribution in [1.29, 1.82) is 0 Å². The first-order chi connectivity index (χ1) is 10.3. The molecule has 0 aliphatic rings. The molecule has 1 aromatic carbocycles. The summed E-state index contributed by atoms with van der Waals surface area (Å²) in [6.45, 7) is 9.23. The van der Waals surface area contributed by atoms with Gasteiger partial charge in [0.15, 0.2) is 0 Å². The van der Waals surface area contributed by atoms with Gasteiger partial charge in [0.2, 0.25) is 6.29 Å². The minimum Gasteiger partial charge on any atom is -0.425 e. The molecule has 1 amide bonds. The van der Waals surface area contributed by atoms with E-state index in [0.717, 1.165) is 6.42 Å². The zero-order chi connectivity index (χ0) is 16.7. The third kappa shape index (κ3) is 5.76. The van der Waals surface area contributed by atoms with E-state index < -0.39 is 18.4 Å². The molecule has 1 aromatic rings. The zero-order valence-corrected chi connectivity index (χ0v) is 13.9. The molecule has 0 aliphatic carbocycles. The normalized spacial score (nSPS) is 13.4. The fraction of sp³-hybridized carbons (Fsp3) is 0.529. The van der Waals surface area contributed by atoms with Gasteiger partial charge in [-0.3, -0.25) is 10.1 Å². The van der Waals surface area contributed by atoms with Crippen LogP contribution < -0.4 is 5.32 Å². The molecule has 0 fully saturated rings. The topological polar surface area (TPSA) is 64.6 Å². The van der Waals surface area contributed by atoms with E-state index >= 15 is 0 Å². The number of rotatable bonds is 6. The highest BCUT2D eigenvalue weighted by molar-refractivity contribution is 5.84. The number of anilines is 1. The van der Waals surface area contributed by atoms with Crippen molar-refractivity contribution in [3.63, 3.8) is 0 Å². The second kappa shape index (κ2) is 8.41. The zero-order valence-electron chi connectivity index (χ0n) is 13.9. The van der Waals surface area contributed by atoms with E-state index in [1.54, 1.807) is 13.8 Å². The van der Waals surface area contributed by atoms with E-state index in [4.69, 9.17) is 9.47 Å². The number of benzene rings is 1. The van der Waals surface area contributed by atoms with Crippen LogP contribution in [0.15, 0.2) is 24.3 Å². The van der Waals surface area contributed by atoms with Gasteiger partial charge in [-0.05, 0) is 30.0 Å². The fourth-order valence-corrected chi connectivity index (χ4v) is 1.75. The van der Waals surface area contributed by atoms with Crippen LogP contribution in [0.2, 0.25) is 0 Å². The molecule has 0 heterocycles. The molecular weight excluding hydrogens is 282 g/mol. The summed E-state index contributed by atoms with van der Waals surface area (Å²) in [5, 5.41) is 2.61. The first-order valence-electron chi connectivity index (χ1n) is 7.61. The molecule has 1 N–H and O–H groups in total. The molecule has 0 aliphatic heterocycles. The molecule has 0 unspecified atom stereocenters. The molecule has 0 aromatic heterocycles. The van der Waals surface area contributed by atoms with Crippen LogP contribution in [0, 0.1) is 5.92 Å². The first-order valence-corrected chi connectivity index (χ1v) is 7.61. The number of hydrogen-bond acceptors (Lipinski definition) is 4.